The molecule has 0 aliphatic carbocycles. The van der Waals surface area contributed by atoms with Gasteiger partial charge in [-0.05, 0) is 18.2 Å². The molecule has 1 aromatic carbocycles. The molecule has 1 atom stereocenters. The van der Waals surface area contributed by atoms with Gasteiger partial charge in [0.25, 0.3) is 0 Å². The highest BCUT2D eigenvalue weighted by molar-refractivity contribution is 6.32. The lowest BCUT2D eigenvalue weighted by atomic mass is 10.2. The fourth-order valence-corrected chi connectivity index (χ4v) is 2.25. The Balaban J connectivity index is 2.11. The van der Waals surface area contributed by atoms with Gasteiger partial charge < -0.3 is 14.4 Å². The fraction of sp³-hybridized carbons (Fsp3) is 0.462. The van der Waals surface area contributed by atoms with Crippen molar-refractivity contribution in [3.05, 3.63) is 28.8 Å². The quantitative estimate of drug-likeness (QED) is 0.840. The normalized spacial score (nSPS) is 19.6. The molecule has 0 N–H and O–H groups in total. The molecule has 0 amide bonds. The lowest BCUT2D eigenvalue weighted by Gasteiger charge is -2.34. The van der Waals surface area contributed by atoms with E-state index in [-0.39, 0.29) is 6.10 Å². The molecule has 1 aromatic rings. The molecule has 1 fully saturated rings. The largest absolute Gasteiger partial charge is 0.382 e. The Kier molecular flexibility index (Phi) is 4.43. The first kappa shape index (κ1) is 13.2. The molecule has 1 heterocycles. The van der Waals surface area contributed by atoms with Crippen molar-refractivity contribution in [1.29, 1.82) is 5.26 Å². The summed E-state index contributed by atoms with van der Waals surface area (Å²) in [6, 6.07) is 7.55. The number of benzene rings is 1. The molecule has 96 valence electrons. The third-order valence-electron chi connectivity index (χ3n) is 2.93. The van der Waals surface area contributed by atoms with E-state index in [0.717, 1.165) is 18.8 Å². The fourth-order valence-electron chi connectivity index (χ4n) is 2.03. The summed E-state index contributed by atoms with van der Waals surface area (Å²) in [6.07, 6.45) is 0.0816. The Morgan fingerprint density at radius 1 is 1.61 bits per heavy atom. The zero-order valence-corrected chi connectivity index (χ0v) is 11.0. The molecule has 5 heteroatoms. The van der Waals surface area contributed by atoms with Crippen LogP contribution in [-0.4, -0.2) is 39.5 Å². The molecule has 0 saturated carbocycles. The summed E-state index contributed by atoms with van der Waals surface area (Å²) in [4.78, 5) is 2.19. The van der Waals surface area contributed by atoms with E-state index in [1.165, 1.54) is 0 Å². The summed E-state index contributed by atoms with van der Waals surface area (Å²) in [7, 11) is 1.67. The highest BCUT2D eigenvalue weighted by atomic mass is 35.5. The first-order chi connectivity index (χ1) is 8.74. The van der Waals surface area contributed by atoms with Crippen molar-refractivity contribution in [2.45, 2.75) is 6.10 Å². The molecule has 4 nitrogen and oxygen atoms in total. The average molecular weight is 267 g/mol. The minimum absolute atomic E-state index is 0.0816. The van der Waals surface area contributed by atoms with E-state index in [4.69, 9.17) is 26.3 Å². The van der Waals surface area contributed by atoms with E-state index in [9.17, 15) is 0 Å². The minimum atomic E-state index is 0.0816. The van der Waals surface area contributed by atoms with E-state index < -0.39 is 0 Å². The standard InChI is InChI=1S/C13H15ClN2O2/c1-17-9-12-8-16(4-5-18-12)11-3-2-10(7-15)13(14)6-11/h2-3,6,12H,4-5,8-9H2,1H3/t12-/m0/s1. The third kappa shape index (κ3) is 2.94. The van der Waals surface area contributed by atoms with Gasteiger partial charge in [0.1, 0.15) is 6.07 Å². The van der Waals surface area contributed by atoms with E-state index in [0.29, 0.717) is 23.8 Å². The molecular weight excluding hydrogens is 252 g/mol. The lowest BCUT2D eigenvalue weighted by Crippen LogP contribution is -2.44. The summed E-state index contributed by atoms with van der Waals surface area (Å²) in [5.41, 5.74) is 1.52. The van der Waals surface area contributed by atoms with Crippen LogP contribution >= 0.6 is 11.6 Å². The monoisotopic (exact) mass is 266 g/mol. The number of hydrogen-bond acceptors (Lipinski definition) is 4. The summed E-state index contributed by atoms with van der Waals surface area (Å²) in [5, 5.41) is 9.34. The van der Waals surface area contributed by atoms with Crippen LogP contribution in [-0.2, 0) is 9.47 Å². The van der Waals surface area contributed by atoms with Crippen LogP contribution in [0.2, 0.25) is 5.02 Å². The van der Waals surface area contributed by atoms with Crippen molar-refractivity contribution in [2.75, 3.05) is 38.3 Å². The van der Waals surface area contributed by atoms with Gasteiger partial charge in [0.15, 0.2) is 0 Å². The van der Waals surface area contributed by atoms with Crippen LogP contribution < -0.4 is 4.90 Å². The maximum absolute atomic E-state index is 8.85. The van der Waals surface area contributed by atoms with Crippen LogP contribution in [0.25, 0.3) is 0 Å². The summed E-state index contributed by atoms with van der Waals surface area (Å²) in [6.45, 7) is 2.85. The van der Waals surface area contributed by atoms with Gasteiger partial charge in [-0.1, -0.05) is 11.6 Å². The molecule has 0 bridgehead atoms. The first-order valence-electron chi connectivity index (χ1n) is 5.79. The number of nitriles is 1. The predicted molar refractivity (Wildman–Crippen MR) is 70.0 cm³/mol. The van der Waals surface area contributed by atoms with E-state index in [1.54, 1.807) is 13.2 Å². The summed E-state index contributed by atoms with van der Waals surface area (Å²) < 4.78 is 10.7. The van der Waals surface area contributed by atoms with Crippen molar-refractivity contribution in [3.63, 3.8) is 0 Å². The number of morpholine rings is 1. The number of hydrogen-bond donors (Lipinski definition) is 0. The van der Waals surface area contributed by atoms with Gasteiger partial charge >= 0.3 is 0 Å². The Morgan fingerprint density at radius 2 is 2.44 bits per heavy atom. The molecule has 0 aromatic heterocycles. The topological polar surface area (TPSA) is 45.5 Å². The van der Waals surface area contributed by atoms with Gasteiger partial charge in [-0.15, -0.1) is 0 Å². The number of ether oxygens (including phenoxy) is 2. The van der Waals surface area contributed by atoms with Gasteiger partial charge in [0.05, 0.1) is 29.9 Å². The second-order valence-corrected chi connectivity index (χ2v) is 4.58. The zero-order valence-electron chi connectivity index (χ0n) is 10.2. The predicted octanol–water partition coefficient (Wildman–Crippen LogP) is 2.06. The van der Waals surface area contributed by atoms with Crippen molar-refractivity contribution < 1.29 is 9.47 Å². The maximum Gasteiger partial charge on any atom is 0.101 e. The molecule has 1 saturated heterocycles. The lowest BCUT2D eigenvalue weighted by molar-refractivity contribution is -0.0100. The average Bonchev–Trinajstić information content (AvgIpc) is 2.39. The second-order valence-electron chi connectivity index (χ2n) is 4.17. The van der Waals surface area contributed by atoms with E-state index in [1.807, 2.05) is 12.1 Å². The highest BCUT2D eigenvalue weighted by Crippen LogP contribution is 2.24. The number of methoxy groups -OCH3 is 1. The van der Waals surface area contributed by atoms with Gasteiger partial charge in [-0.2, -0.15) is 5.26 Å². The van der Waals surface area contributed by atoms with E-state index in [2.05, 4.69) is 11.0 Å². The molecule has 0 spiro atoms. The smallest absolute Gasteiger partial charge is 0.101 e. The zero-order chi connectivity index (χ0) is 13.0. The number of nitrogens with zero attached hydrogens (tertiary/aromatic N) is 2. The Bertz CT molecular complexity index is 457. The van der Waals surface area contributed by atoms with Gasteiger partial charge in [-0.25, -0.2) is 0 Å². The van der Waals surface area contributed by atoms with Crippen molar-refractivity contribution in [3.8, 4) is 6.07 Å². The van der Waals surface area contributed by atoms with Gasteiger partial charge in [0, 0.05) is 25.9 Å². The van der Waals surface area contributed by atoms with E-state index >= 15 is 0 Å². The molecule has 1 aliphatic heterocycles. The van der Waals surface area contributed by atoms with Crippen molar-refractivity contribution >= 4 is 17.3 Å². The highest BCUT2D eigenvalue weighted by Gasteiger charge is 2.20. The Labute approximate surface area is 112 Å². The number of anilines is 1. The Hall–Kier alpha value is -1.28. The Morgan fingerprint density at radius 3 is 3.11 bits per heavy atom. The molecule has 18 heavy (non-hydrogen) atoms. The summed E-state index contributed by atoms with van der Waals surface area (Å²) in [5.74, 6) is 0. The van der Waals surface area contributed by atoms with Crippen LogP contribution in [0.4, 0.5) is 5.69 Å². The van der Waals surface area contributed by atoms with Crippen molar-refractivity contribution in [2.24, 2.45) is 0 Å². The minimum Gasteiger partial charge on any atom is -0.382 e. The second kappa shape index (κ2) is 6.05. The van der Waals surface area contributed by atoms with Crippen LogP contribution in [0.3, 0.4) is 0 Å². The van der Waals surface area contributed by atoms with Crippen LogP contribution in [0.5, 0.6) is 0 Å². The van der Waals surface area contributed by atoms with Gasteiger partial charge in [-0.3, -0.25) is 0 Å². The number of halogens is 1. The third-order valence-corrected chi connectivity index (χ3v) is 3.24. The molecule has 0 radical (unpaired) electrons. The van der Waals surface area contributed by atoms with Crippen LogP contribution in [0, 0.1) is 11.3 Å². The van der Waals surface area contributed by atoms with Crippen molar-refractivity contribution in [1.82, 2.24) is 0 Å². The number of rotatable bonds is 3. The maximum atomic E-state index is 8.85. The van der Waals surface area contributed by atoms with Crippen LogP contribution in [0.1, 0.15) is 5.56 Å². The van der Waals surface area contributed by atoms with Crippen LogP contribution in [0.15, 0.2) is 18.2 Å². The molecule has 0 unspecified atom stereocenters. The molecule has 2 rings (SSSR count). The first-order valence-corrected chi connectivity index (χ1v) is 6.17. The molecule has 1 aliphatic rings. The summed E-state index contributed by atoms with van der Waals surface area (Å²) >= 11 is 6.04. The SMILES string of the molecule is COC[C@@H]1CN(c2ccc(C#N)c(Cl)c2)CCO1. The van der Waals surface area contributed by atoms with Gasteiger partial charge in [0.2, 0.25) is 0 Å². The molecular formula is C13H15ClN2O2.